The molecule has 0 aliphatic heterocycles. The van der Waals surface area contributed by atoms with E-state index in [1.165, 1.54) is 6.92 Å². The Bertz CT molecular complexity index is 700. The maximum absolute atomic E-state index is 13.9. The molecule has 9 heteroatoms. The molecule has 0 aliphatic rings. The number of rotatable bonds is 5. The predicted molar refractivity (Wildman–Crippen MR) is 83.3 cm³/mol. The summed E-state index contributed by atoms with van der Waals surface area (Å²) in [6.45, 7) is 6.30. The molecule has 0 spiro atoms. The molecule has 0 saturated carbocycles. The van der Waals surface area contributed by atoms with Gasteiger partial charge in [-0.25, -0.2) is 21.9 Å². The molecular weight excluding hydrogens is 328 g/mol. The highest BCUT2D eigenvalue weighted by Crippen LogP contribution is 2.24. The first-order chi connectivity index (χ1) is 10.4. The minimum absolute atomic E-state index is 0.0331. The molecule has 1 atom stereocenters. The second-order valence-corrected chi connectivity index (χ2v) is 7.89. The van der Waals surface area contributed by atoms with Gasteiger partial charge in [0.25, 0.3) is 0 Å². The molecule has 0 bridgehead atoms. The minimum Gasteiger partial charge on any atom is -0.330 e. The van der Waals surface area contributed by atoms with Crippen molar-refractivity contribution in [3.8, 4) is 0 Å². The van der Waals surface area contributed by atoms with E-state index in [9.17, 15) is 22.0 Å². The number of carbonyl (C=O) groups is 1. The molecule has 0 heterocycles. The summed E-state index contributed by atoms with van der Waals surface area (Å²) in [5.41, 5.74) is 4.06. The summed E-state index contributed by atoms with van der Waals surface area (Å²) in [5, 5.41) is 2.21. The fourth-order valence-corrected chi connectivity index (χ4v) is 3.16. The number of nitrogens with two attached hydrogens (primary N) is 1. The second-order valence-electron chi connectivity index (χ2n) is 6.24. The first-order valence-corrected chi connectivity index (χ1v) is 8.39. The van der Waals surface area contributed by atoms with Gasteiger partial charge in [-0.15, -0.1) is 0 Å². The van der Waals surface area contributed by atoms with Crippen molar-refractivity contribution in [2.24, 2.45) is 11.7 Å². The number of hydrogen-bond acceptors (Lipinski definition) is 4. The summed E-state index contributed by atoms with van der Waals surface area (Å²) in [5.74, 6) is -3.52. The largest absolute Gasteiger partial charge is 0.330 e. The summed E-state index contributed by atoms with van der Waals surface area (Å²) < 4.78 is 54.3. The zero-order valence-corrected chi connectivity index (χ0v) is 14.2. The summed E-state index contributed by atoms with van der Waals surface area (Å²) in [6.07, 6.45) is 0. The van der Waals surface area contributed by atoms with Gasteiger partial charge >= 0.3 is 0 Å². The number of anilines is 1. The lowest BCUT2D eigenvalue weighted by atomic mass is 10.1. The van der Waals surface area contributed by atoms with Crippen LogP contribution >= 0.6 is 0 Å². The van der Waals surface area contributed by atoms with Gasteiger partial charge in [-0.3, -0.25) is 4.79 Å². The topological polar surface area (TPSA) is 101 Å². The van der Waals surface area contributed by atoms with E-state index in [1.54, 1.807) is 20.8 Å². The standard InChI is InChI=1S/C14H21F2N3O3S/c1-8(7-17)13(20)18-11-6-12(10(16)5-9(11)15)23(21,22)19-14(2,3)4/h5-6,8,19H,7,17H2,1-4H3,(H,18,20). The SMILES string of the molecule is CC(CN)C(=O)Nc1cc(S(=O)(=O)NC(C)(C)C)c(F)cc1F. The Balaban J connectivity index is 3.27. The second kappa shape index (κ2) is 6.90. The van der Waals surface area contributed by atoms with Gasteiger partial charge < -0.3 is 11.1 Å². The highest BCUT2D eigenvalue weighted by atomic mass is 32.2. The van der Waals surface area contributed by atoms with E-state index in [0.29, 0.717) is 6.07 Å². The highest BCUT2D eigenvalue weighted by Gasteiger charge is 2.27. The molecule has 1 amide bonds. The van der Waals surface area contributed by atoms with E-state index in [1.807, 2.05) is 0 Å². The van der Waals surface area contributed by atoms with Crippen molar-refractivity contribution < 1.29 is 22.0 Å². The molecule has 130 valence electrons. The number of amides is 1. The highest BCUT2D eigenvalue weighted by molar-refractivity contribution is 7.89. The van der Waals surface area contributed by atoms with Crippen molar-refractivity contribution in [2.75, 3.05) is 11.9 Å². The van der Waals surface area contributed by atoms with Crippen molar-refractivity contribution in [3.05, 3.63) is 23.8 Å². The van der Waals surface area contributed by atoms with Gasteiger partial charge in [0.2, 0.25) is 15.9 Å². The average Bonchev–Trinajstić information content (AvgIpc) is 2.37. The van der Waals surface area contributed by atoms with Crippen LogP contribution in [0.5, 0.6) is 0 Å². The third-order valence-electron chi connectivity index (χ3n) is 2.81. The molecule has 4 N–H and O–H groups in total. The molecule has 0 aromatic heterocycles. The average molecular weight is 349 g/mol. The molecule has 0 radical (unpaired) electrons. The number of hydrogen-bond donors (Lipinski definition) is 3. The molecule has 0 aliphatic carbocycles. The molecule has 0 fully saturated rings. The monoisotopic (exact) mass is 349 g/mol. The molecule has 23 heavy (non-hydrogen) atoms. The van der Waals surface area contributed by atoms with Crippen molar-refractivity contribution in [1.29, 1.82) is 0 Å². The zero-order chi connectivity index (χ0) is 18.0. The summed E-state index contributed by atoms with van der Waals surface area (Å²) in [4.78, 5) is 11.0. The van der Waals surface area contributed by atoms with Crippen LogP contribution in [-0.2, 0) is 14.8 Å². The third-order valence-corrected chi connectivity index (χ3v) is 4.58. The van der Waals surface area contributed by atoms with Crippen molar-refractivity contribution >= 4 is 21.6 Å². The number of sulfonamides is 1. The van der Waals surface area contributed by atoms with Crippen LogP contribution in [0.1, 0.15) is 27.7 Å². The van der Waals surface area contributed by atoms with E-state index >= 15 is 0 Å². The zero-order valence-electron chi connectivity index (χ0n) is 13.4. The number of benzene rings is 1. The van der Waals surface area contributed by atoms with E-state index < -0.39 is 49.6 Å². The van der Waals surface area contributed by atoms with Crippen LogP contribution in [0.25, 0.3) is 0 Å². The van der Waals surface area contributed by atoms with Crippen LogP contribution in [0.4, 0.5) is 14.5 Å². The normalized spacial score (nSPS) is 13.7. The van der Waals surface area contributed by atoms with Gasteiger partial charge in [-0.1, -0.05) is 6.92 Å². The predicted octanol–water partition coefficient (Wildman–Crippen LogP) is 1.57. The Morgan fingerprint density at radius 2 is 1.83 bits per heavy atom. The van der Waals surface area contributed by atoms with E-state index in [4.69, 9.17) is 5.73 Å². The first-order valence-electron chi connectivity index (χ1n) is 6.91. The first kappa shape index (κ1) is 19.5. The maximum atomic E-state index is 13.9. The van der Waals surface area contributed by atoms with E-state index in [-0.39, 0.29) is 6.54 Å². The van der Waals surface area contributed by atoms with Crippen LogP contribution in [0.2, 0.25) is 0 Å². The lowest BCUT2D eigenvalue weighted by Crippen LogP contribution is -2.40. The van der Waals surface area contributed by atoms with Crippen molar-refractivity contribution in [3.63, 3.8) is 0 Å². The summed E-state index contributed by atoms with van der Waals surface area (Å²) in [6, 6.07) is 1.17. The van der Waals surface area contributed by atoms with Crippen LogP contribution in [0.15, 0.2) is 17.0 Å². The van der Waals surface area contributed by atoms with Crippen LogP contribution in [-0.4, -0.2) is 26.4 Å². The van der Waals surface area contributed by atoms with Gasteiger partial charge in [0, 0.05) is 24.1 Å². The fourth-order valence-electron chi connectivity index (χ4n) is 1.65. The van der Waals surface area contributed by atoms with Crippen LogP contribution in [0, 0.1) is 17.6 Å². The fraction of sp³-hybridized carbons (Fsp3) is 0.500. The molecule has 0 saturated heterocycles. The van der Waals surface area contributed by atoms with Gasteiger partial charge in [0.1, 0.15) is 16.5 Å². The number of halogens is 2. The molecule has 1 unspecified atom stereocenters. The lowest BCUT2D eigenvalue weighted by molar-refractivity contribution is -0.119. The number of nitrogens with one attached hydrogen (secondary N) is 2. The van der Waals surface area contributed by atoms with Crippen LogP contribution in [0.3, 0.4) is 0 Å². The minimum atomic E-state index is -4.22. The molecule has 1 aromatic carbocycles. The maximum Gasteiger partial charge on any atom is 0.244 e. The molecular formula is C14H21F2N3O3S. The van der Waals surface area contributed by atoms with Crippen molar-refractivity contribution in [1.82, 2.24) is 4.72 Å². The van der Waals surface area contributed by atoms with Gasteiger partial charge in [0.15, 0.2) is 0 Å². The van der Waals surface area contributed by atoms with Gasteiger partial charge in [-0.05, 0) is 26.8 Å². The number of carbonyl (C=O) groups excluding carboxylic acids is 1. The molecule has 1 aromatic rings. The molecule has 1 rings (SSSR count). The van der Waals surface area contributed by atoms with Gasteiger partial charge in [-0.2, -0.15) is 0 Å². The summed E-state index contributed by atoms with van der Waals surface area (Å²) in [7, 11) is -4.22. The smallest absolute Gasteiger partial charge is 0.244 e. The molecule has 6 nitrogen and oxygen atoms in total. The quantitative estimate of drug-likeness (QED) is 0.751. The van der Waals surface area contributed by atoms with Gasteiger partial charge in [0.05, 0.1) is 5.69 Å². The Hall–Kier alpha value is -1.58. The van der Waals surface area contributed by atoms with E-state index in [0.717, 1.165) is 6.07 Å². The summed E-state index contributed by atoms with van der Waals surface area (Å²) >= 11 is 0. The van der Waals surface area contributed by atoms with Crippen molar-refractivity contribution in [2.45, 2.75) is 38.1 Å². The Morgan fingerprint density at radius 3 is 2.30 bits per heavy atom. The van der Waals surface area contributed by atoms with E-state index in [2.05, 4.69) is 10.0 Å². The Morgan fingerprint density at radius 1 is 1.26 bits per heavy atom. The third kappa shape index (κ3) is 5.22. The van der Waals surface area contributed by atoms with Crippen LogP contribution < -0.4 is 15.8 Å². The Labute approximate surface area is 134 Å². The Kier molecular flexibility index (Phi) is 5.84. The lowest BCUT2D eigenvalue weighted by Gasteiger charge is -2.21.